The van der Waals surface area contributed by atoms with Gasteiger partial charge in [-0.05, 0) is 41.0 Å². The summed E-state index contributed by atoms with van der Waals surface area (Å²) >= 11 is 0. The highest BCUT2D eigenvalue weighted by Gasteiger charge is 2.37. The highest BCUT2D eigenvalue weighted by Crippen LogP contribution is 2.28. The number of benzene rings is 2. The van der Waals surface area contributed by atoms with E-state index in [9.17, 15) is 24.0 Å². The molecule has 0 aliphatic carbocycles. The summed E-state index contributed by atoms with van der Waals surface area (Å²) in [5, 5.41) is 4.99. The first kappa shape index (κ1) is 24.3. The second-order valence-corrected chi connectivity index (χ2v) is 10.1. The fourth-order valence-electron chi connectivity index (χ4n) is 4.44. The third kappa shape index (κ3) is 5.16. The van der Waals surface area contributed by atoms with Crippen LogP contribution in [0.5, 0.6) is 0 Å². The minimum Gasteiger partial charge on any atom is -0.345 e. The summed E-state index contributed by atoms with van der Waals surface area (Å²) in [7, 11) is 0. The molecule has 0 spiro atoms. The molecule has 0 saturated carbocycles. The molecule has 2 heterocycles. The van der Waals surface area contributed by atoms with Gasteiger partial charge >= 0.3 is 0 Å². The van der Waals surface area contributed by atoms with Crippen LogP contribution in [0.25, 0.3) is 0 Å². The third-order valence-corrected chi connectivity index (χ3v) is 6.50. The van der Waals surface area contributed by atoms with Crippen molar-refractivity contribution in [1.82, 2.24) is 15.5 Å². The number of ketones is 1. The molecule has 1 atom stereocenters. The van der Waals surface area contributed by atoms with Crippen LogP contribution in [-0.2, 0) is 32.9 Å². The molecule has 2 N–H and O–H groups in total. The number of carbonyl (C=O) groups excluding carboxylic acids is 5. The number of amides is 4. The normalized spacial score (nSPS) is 18.1. The first-order valence-electron chi connectivity index (χ1n) is 11.7. The average Bonchev–Trinajstić information content (AvgIpc) is 3.03. The van der Waals surface area contributed by atoms with E-state index in [0.29, 0.717) is 24.0 Å². The first-order chi connectivity index (χ1) is 16.5. The van der Waals surface area contributed by atoms with E-state index >= 15 is 0 Å². The van der Waals surface area contributed by atoms with E-state index in [4.69, 9.17) is 0 Å². The average molecular weight is 476 g/mol. The van der Waals surface area contributed by atoms with Gasteiger partial charge < -0.3 is 10.2 Å². The van der Waals surface area contributed by atoms with E-state index in [1.807, 2.05) is 12.1 Å². The number of nitrogens with one attached hydrogen (secondary N) is 2. The molecule has 1 fully saturated rings. The van der Waals surface area contributed by atoms with Crippen molar-refractivity contribution >= 4 is 29.4 Å². The summed E-state index contributed by atoms with van der Waals surface area (Å²) < 4.78 is 0. The monoisotopic (exact) mass is 475 g/mol. The summed E-state index contributed by atoms with van der Waals surface area (Å²) in [5.41, 5.74) is 3.33. The molecule has 182 valence electrons. The molecule has 35 heavy (non-hydrogen) atoms. The summed E-state index contributed by atoms with van der Waals surface area (Å²) in [5.74, 6) is -2.33. The number of fused-ring (bicyclic) bond motifs is 1. The topological polar surface area (TPSA) is 113 Å². The minimum atomic E-state index is -0.702. The van der Waals surface area contributed by atoms with E-state index in [2.05, 4.69) is 31.4 Å². The zero-order chi connectivity index (χ0) is 25.3. The van der Waals surface area contributed by atoms with Crippen LogP contribution in [0.1, 0.15) is 77.4 Å². The first-order valence-corrected chi connectivity index (χ1v) is 11.7. The van der Waals surface area contributed by atoms with Crippen LogP contribution in [0, 0.1) is 0 Å². The second-order valence-electron chi connectivity index (χ2n) is 10.1. The lowest BCUT2D eigenvalue weighted by Gasteiger charge is -2.24. The van der Waals surface area contributed by atoms with Crippen molar-refractivity contribution in [3.05, 3.63) is 70.3 Å². The Kier molecular flexibility index (Phi) is 6.56. The number of carbonyl (C=O) groups is 5. The fraction of sp³-hybridized carbons (Fsp3) is 0.370. The molecular weight excluding hydrogens is 446 g/mol. The van der Waals surface area contributed by atoms with E-state index in [-0.39, 0.29) is 36.7 Å². The van der Waals surface area contributed by atoms with Crippen LogP contribution in [0.2, 0.25) is 0 Å². The summed E-state index contributed by atoms with van der Waals surface area (Å²) in [4.78, 5) is 63.4. The molecule has 1 saturated heterocycles. The van der Waals surface area contributed by atoms with Crippen LogP contribution >= 0.6 is 0 Å². The predicted molar refractivity (Wildman–Crippen MR) is 128 cm³/mol. The van der Waals surface area contributed by atoms with E-state index in [1.165, 1.54) is 4.90 Å². The molecule has 8 nitrogen and oxygen atoms in total. The van der Waals surface area contributed by atoms with Crippen molar-refractivity contribution in [1.29, 1.82) is 0 Å². The van der Waals surface area contributed by atoms with Gasteiger partial charge in [0.15, 0.2) is 0 Å². The number of Topliss-reactive ketones (excluding diaryl/α,β-unsaturated/α-hetero) is 1. The molecule has 0 aromatic heterocycles. The van der Waals surface area contributed by atoms with Crippen molar-refractivity contribution in [3.8, 4) is 0 Å². The molecule has 4 rings (SSSR count). The second kappa shape index (κ2) is 9.44. The Bertz CT molecular complexity index is 1210. The molecule has 2 aliphatic rings. The highest BCUT2D eigenvalue weighted by molar-refractivity contribution is 6.42. The number of nitrogens with zero attached hydrogens (tertiary/aromatic N) is 1. The lowest BCUT2D eigenvalue weighted by molar-refractivity contribution is -0.132. The van der Waals surface area contributed by atoms with E-state index in [1.54, 1.807) is 30.3 Å². The maximum Gasteiger partial charge on any atom is 0.292 e. The van der Waals surface area contributed by atoms with Gasteiger partial charge in [-0.3, -0.25) is 29.3 Å². The fourth-order valence-corrected chi connectivity index (χ4v) is 4.44. The van der Waals surface area contributed by atoms with Crippen molar-refractivity contribution in [3.63, 3.8) is 0 Å². The number of hydrogen-bond acceptors (Lipinski definition) is 5. The van der Waals surface area contributed by atoms with Crippen LogP contribution in [0.15, 0.2) is 42.5 Å². The lowest BCUT2D eigenvalue weighted by Crippen LogP contribution is -2.46. The maximum absolute atomic E-state index is 12.9. The molecule has 0 bridgehead atoms. The van der Waals surface area contributed by atoms with Gasteiger partial charge in [0.2, 0.25) is 17.6 Å². The Morgan fingerprint density at radius 3 is 2.46 bits per heavy atom. The SMILES string of the molecule is CC(C)(C)c1ccc(C(=O)C(=O)NCc2ccc3c(c2)CN(C2CCCC(=O)NC2=O)C3=O)cc1. The van der Waals surface area contributed by atoms with Crippen LogP contribution < -0.4 is 10.6 Å². The summed E-state index contributed by atoms with van der Waals surface area (Å²) in [6.07, 6.45) is 1.23. The van der Waals surface area contributed by atoms with E-state index in [0.717, 1.165) is 16.7 Å². The molecule has 8 heteroatoms. The Balaban J connectivity index is 1.39. The molecular formula is C27H29N3O5. The van der Waals surface area contributed by atoms with Crippen molar-refractivity contribution in [2.45, 2.75) is 64.6 Å². The third-order valence-electron chi connectivity index (χ3n) is 6.50. The predicted octanol–water partition coefficient (Wildman–Crippen LogP) is 2.63. The van der Waals surface area contributed by atoms with Crippen LogP contribution in [-0.4, -0.2) is 40.4 Å². The zero-order valence-corrected chi connectivity index (χ0v) is 20.1. The molecule has 1 unspecified atom stereocenters. The van der Waals surface area contributed by atoms with Crippen LogP contribution in [0.3, 0.4) is 0 Å². The Morgan fingerprint density at radius 2 is 1.77 bits per heavy atom. The molecule has 2 aromatic carbocycles. The van der Waals surface area contributed by atoms with Crippen molar-refractivity contribution in [2.75, 3.05) is 0 Å². The maximum atomic E-state index is 12.9. The largest absolute Gasteiger partial charge is 0.345 e. The molecule has 4 amide bonds. The standard InChI is InChI=1S/C27H29N3O5/c1-27(2,3)19-10-8-17(9-11-19)23(32)25(34)28-14-16-7-12-20-18(13-16)15-30(26(20)35)21-5-4-6-22(31)29-24(21)33/h7-13,21H,4-6,14-15H2,1-3H3,(H,28,34)(H,29,31,33). The van der Waals surface area contributed by atoms with Crippen molar-refractivity contribution < 1.29 is 24.0 Å². The quantitative estimate of drug-likeness (QED) is 0.392. The van der Waals surface area contributed by atoms with Gasteiger partial charge in [-0.15, -0.1) is 0 Å². The molecule has 2 aliphatic heterocycles. The van der Waals surface area contributed by atoms with Gasteiger partial charge in [0.1, 0.15) is 6.04 Å². The number of hydrogen-bond donors (Lipinski definition) is 2. The lowest BCUT2D eigenvalue weighted by atomic mass is 9.86. The summed E-state index contributed by atoms with van der Waals surface area (Å²) in [6.45, 7) is 6.61. The van der Waals surface area contributed by atoms with Gasteiger partial charge in [0.25, 0.3) is 11.8 Å². The number of imide groups is 1. The zero-order valence-electron chi connectivity index (χ0n) is 20.1. The van der Waals surface area contributed by atoms with Crippen molar-refractivity contribution in [2.24, 2.45) is 0 Å². The highest BCUT2D eigenvalue weighted by atomic mass is 16.2. The molecule has 0 radical (unpaired) electrons. The van der Waals surface area contributed by atoms with Crippen LogP contribution in [0.4, 0.5) is 0 Å². The Labute approximate surface area is 204 Å². The van der Waals surface area contributed by atoms with Gasteiger partial charge in [0, 0.05) is 30.6 Å². The van der Waals surface area contributed by atoms with Gasteiger partial charge in [-0.25, -0.2) is 0 Å². The Hall–Kier alpha value is -3.81. The van der Waals surface area contributed by atoms with Gasteiger partial charge in [-0.1, -0.05) is 57.2 Å². The molecule has 2 aromatic rings. The summed E-state index contributed by atoms with van der Waals surface area (Å²) in [6, 6.07) is 11.5. The minimum absolute atomic E-state index is 0.0498. The van der Waals surface area contributed by atoms with Gasteiger partial charge in [-0.2, -0.15) is 0 Å². The number of rotatable bonds is 5. The van der Waals surface area contributed by atoms with E-state index < -0.39 is 23.6 Å². The smallest absolute Gasteiger partial charge is 0.292 e. The van der Waals surface area contributed by atoms with Gasteiger partial charge in [0.05, 0.1) is 0 Å². The Morgan fingerprint density at radius 1 is 1.06 bits per heavy atom.